The molecule has 0 aliphatic rings. The summed E-state index contributed by atoms with van der Waals surface area (Å²) in [6.07, 6.45) is 0.450. The highest BCUT2D eigenvalue weighted by atomic mass is 35.5. The molecule has 0 spiro atoms. The molecule has 32 heavy (non-hydrogen) atoms. The molecule has 0 aliphatic heterocycles. The fraction of sp³-hybridized carbons (Fsp3) is 0.417. The average molecular weight is 481 g/mol. The Balaban J connectivity index is 2.25. The lowest BCUT2D eigenvalue weighted by atomic mass is 10.1. The highest BCUT2D eigenvalue weighted by molar-refractivity contribution is 6.42. The van der Waals surface area contributed by atoms with Gasteiger partial charge in [-0.3, -0.25) is 9.59 Å². The van der Waals surface area contributed by atoms with Crippen molar-refractivity contribution in [1.82, 2.24) is 10.2 Å². The van der Waals surface area contributed by atoms with Gasteiger partial charge in [-0.05, 0) is 42.2 Å². The number of methoxy groups -OCH3 is 1. The van der Waals surface area contributed by atoms with Gasteiger partial charge in [0, 0.05) is 13.1 Å². The second-order valence-electron chi connectivity index (χ2n) is 7.77. The van der Waals surface area contributed by atoms with Crippen LogP contribution in [0.3, 0.4) is 0 Å². The van der Waals surface area contributed by atoms with Crippen LogP contribution in [0.15, 0.2) is 42.5 Å². The van der Waals surface area contributed by atoms with Gasteiger partial charge in [-0.1, -0.05) is 62.2 Å². The maximum atomic E-state index is 13.2. The lowest BCUT2D eigenvalue weighted by molar-refractivity contribution is -0.143. The molecular formula is C24H30Cl2N2O4. The first-order chi connectivity index (χ1) is 15.3. The molecule has 0 fully saturated rings. The SMILES string of the molecule is CC[C@H](C(=O)NCC(C)C)N(Cc1ccc(Cl)c(Cl)c1)C(=O)COc1ccccc1OC. The van der Waals surface area contributed by atoms with E-state index in [1.54, 1.807) is 36.4 Å². The summed E-state index contributed by atoms with van der Waals surface area (Å²) in [5, 5.41) is 3.74. The summed E-state index contributed by atoms with van der Waals surface area (Å²) in [6, 6.07) is 11.6. The Hall–Kier alpha value is -2.44. The van der Waals surface area contributed by atoms with Gasteiger partial charge in [-0.15, -0.1) is 0 Å². The van der Waals surface area contributed by atoms with Crippen LogP contribution < -0.4 is 14.8 Å². The normalized spacial score (nSPS) is 11.7. The minimum Gasteiger partial charge on any atom is -0.493 e. The molecule has 0 aromatic heterocycles. The van der Waals surface area contributed by atoms with Gasteiger partial charge in [0.1, 0.15) is 6.04 Å². The molecule has 0 unspecified atom stereocenters. The van der Waals surface area contributed by atoms with Crippen LogP contribution in [-0.2, 0) is 16.1 Å². The number of nitrogens with one attached hydrogen (secondary N) is 1. The van der Waals surface area contributed by atoms with Crippen molar-refractivity contribution in [1.29, 1.82) is 0 Å². The predicted octanol–water partition coefficient (Wildman–Crippen LogP) is 4.96. The fourth-order valence-electron chi connectivity index (χ4n) is 3.14. The number of rotatable bonds is 11. The number of benzene rings is 2. The fourth-order valence-corrected chi connectivity index (χ4v) is 3.46. The zero-order chi connectivity index (χ0) is 23.7. The van der Waals surface area contributed by atoms with E-state index in [1.807, 2.05) is 26.8 Å². The van der Waals surface area contributed by atoms with Crippen molar-refractivity contribution >= 4 is 35.0 Å². The lowest BCUT2D eigenvalue weighted by Gasteiger charge is -2.31. The van der Waals surface area contributed by atoms with E-state index in [1.165, 1.54) is 12.0 Å². The summed E-state index contributed by atoms with van der Waals surface area (Å²) >= 11 is 12.2. The Morgan fingerprint density at radius 1 is 1.06 bits per heavy atom. The monoisotopic (exact) mass is 480 g/mol. The van der Waals surface area contributed by atoms with E-state index in [9.17, 15) is 9.59 Å². The van der Waals surface area contributed by atoms with Crippen LogP contribution in [0.5, 0.6) is 11.5 Å². The molecule has 1 N–H and O–H groups in total. The van der Waals surface area contributed by atoms with Crippen LogP contribution in [0.25, 0.3) is 0 Å². The van der Waals surface area contributed by atoms with Crippen molar-refractivity contribution in [3.63, 3.8) is 0 Å². The van der Waals surface area contributed by atoms with Gasteiger partial charge in [0.2, 0.25) is 5.91 Å². The predicted molar refractivity (Wildman–Crippen MR) is 127 cm³/mol. The van der Waals surface area contributed by atoms with Crippen molar-refractivity contribution in [3.05, 3.63) is 58.1 Å². The number of carbonyl (C=O) groups excluding carboxylic acids is 2. The molecular weight excluding hydrogens is 451 g/mol. The van der Waals surface area contributed by atoms with E-state index in [0.29, 0.717) is 40.4 Å². The molecule has 0 radical (unpaired) electrons. The Bertz CT molecular complexity index is 921. The third kappa shape index (κ3) is 7.31. The first-order valence-corrected chi connectivity index (χ1v) is 11.3. The molecule has 2 amide bonds. The molecule has 8 heteroatoms. The maximum absolute atomic E-state index is 13.2. The number of hydrogen-bond donors (Lipinski definition) is 1. The molecule has 0 aliphatic carbocycles. The molecule has 0 saturated heterocycles. The van der Waals surface area contributed by atoms with E-state index in [-0.39, 0.29) is 25.0 Å². The molecule has 0 saturated carbocycles. The smallest absolute Gasteiger partial charge is 0.261 e. The van der Waals surface area contributed by atoms with E-state index in [4.69, 9.17) is 32.7 Å². The average Bonchev–Trinajstić information content (AvgIpc) is 2.78. The van der Waals surface area contributed by atoms with E-state index < -0.39 is 6.04 Å². The molecule has 2 aromatic carbocycles. The summed E-state index contributed by atoms with van der Waals surface area (Å²) in [7, 11) is 1.53. The molecule has 0 bridgehead atoms. The van der Waals surface area contributed by atoms with Crippen molar-refractivity contribution in [2.45, 2.75) is 39.8 Å². The van der Waals surface area contributed by atoms with Gasteiger partial charge in [-0.25, -0.2) is 0 Å². The maximum Gasteiger partial charge on any atom is 0.261 e. The Kier molecular flexibility index (Phi) is 10.1. The van der Waals surface area contributed by atoms with Crippen molar-refractivity contribution in [3.8, 4) is 11.5 Å². The largest absolute Gasteiger partial charge is 0.493 e. The summed E-state index contributed by atoms with van der Waals surface area (Å²) < 4.78 is 11.0. The minimum atomic E-state index is -0.656. The van der Waals surface area contributed by atoms with Crippen molar-refractivity contribution in [2.75, 3.05) is 20.3 Å². The van der Waals surface area contributed by atoms with Gasteiger partial charge < -0.3 is 19.7 Å². The third-order valence-corrected chi connectivity index (χ3v) is 5.57. The van der Waals surface area contributed by atoms with E-state index >= 15 is 0 Å². The summed E-state index contributed by atoms with van der Waals surface area (Å²) in [4.78, 5) is 27.7. The molecule has 2 aromatic rings. The minimum absolute atomic E-state index is 0.193. The van der Waals surface area contributed by atoms with Crippen LogP contribution >= 0.6 is 23.2 Å². The number of para-hydroxylation sites is 2. The number of carbonyl (C=O) groups is 2. The highest BCUT2D eigenvalue weighted by Gasteiger charge is 2.29. The first kappa shape index (κ1) is 25.8. The summed E-state index contributed by atoms with van der Waals surface area (Å²) in [5.41, 5.74) is 0.764. The van der Waals surface area contributed by atoms with Gasteiger partial charge in [-0.2, -0.15) is 0 Å². The van der Waals surface area contributed by atoms with Crippen LogP contribution in [-0.4, -0.2) is 43.0 Å². The second kappa shape index (κ2) is 12.6. The number of halogens is 2. The Morgan fingerprint density at radius 3 is 2.34 bits per heavy atom. The van der Waals surface area contributed by atoms with Crippen molar-refractivity contribution < 1.29 is 19.1 Å². The van der Waals surface area contributed by atoms with Gasteiger partial charge in [0.05, 0.1) is 17.2 Å². The highest BCUT2D eigenvalue weighted by Crippen LogP contribution is 2.27. The van der Waals surface area contributed by atoms with Crippen LogP contribution in [0.2, 0.25) is 10.0 Å². The van der Waals surface area contributed by atoms with Gasteiger partial charge in [0.15, 0.2) is 18.1 Å². The number of hydrogen-bond acceptors (Lipinski definition) is 4. The molecule has 6 nitrogen and oxygen atoms in total. The zero-order valence-electron chi connectivity index (χ0n) is 18.9. The zero-order valence-corrected chi connectivity index (χ0v) is 20.4. The number of nitrogens with zero attached hydrogens (tertiary/aromatic N) is 1. The Labute approximate surface area is 199 Å². The first-order valence-electron chi connectivity index (χ1n) is 10.5. The number of ether oxygens (including phenoxy) is 2. The molecule has 2 rings (SSSR count). The topological polar surface area (TPSA) is 67.9 Å². The standard InChI is InChI=1S/C24H30Cl2N2O4/c1-5-20(24(30)27-13-16(2)3)28(14-17-10-11-18(25)19(26)12-17)23(29)15-32-22-9-7-6-8-21(22)31-4/h6-12,16,20H,5,13-15H2,1-4H3,(H,27,30)/t20-/m1/s1. The summed E-state index contributed by atoms with van der Waals surface area (Å²) in [6.45, 7) is 6.38. The lowest BCUT2D eigenvalue weighted by Crippen LogP contribution is -2.50. The molecule has 0 heterocycles. The van der Waals surface area contributed by atoms with Crippen LogP contribution in [0, 0.1) is 5.92 Å². The van der Waals surface area contributed by atoms with Crippen molar-refractivity contribution in [2.24, 2.45) is 5.92 Å². The van der Waals surface area contributed by atoms with Gasteiger partial charge in [0.25, 0.3) is 5.91 Å². The number of amides is 2. The molecule has 174 valence electrons. The second-order valence-corrected chi connectivity index (χ2v) is 8.59. The molecule has 1 atom stereocenters. The van der Waals surface area contributed by atoms with E-state index in [0.717, 1.165) is 5.56 Å². The quantitative estimate of drug-likeness (QED) is 0.493. The Morgan fingerprint density at radius 2 is 1.75 bits per heavy atom. The third-order valence-electron chi connectivity index (χ3n) is 4.83. The summed E-state index contributed by atoms with van der Waals surface area (Å²) in [5.74, 6) is 0.748. The van der Waals surface area contributed by atoms with Crippen LogP contribution in [0.4, 0.5) is 0 Å². The van der Waals surface area contributed by atoms with Crippen LogP contribution in [0.1, 0.15) is 32.8 Å². The van der Waals surface area contributed by atoms with E-state index in [2.05, 4.69) is 5.32 Å². The van der Waals surface area contributed by atoms with Gasteiger partial charge >= 0.3 is 0 Å².